The van der Waals surface area contributed by atoms with Crippen LogP contribution in [0.1, 0.15) is 5.56 Å². The molecule has 19 heavy (non-hydrogen) atoms. The van der Waals surface area contributed by atoms with Crippen molar-refractivity contribution >= 4 is 23.5 Å². The number of aryl methyl sites for hydroxylation is 1. The first-order valence-corrected chi connectivity index (χ1v) is 5.47. The summed E-state index contributed by atoms with van der Waals surface area (Å²) in [6.45, 7) is 1.35. The van der Waals surface area contributed by atoms with Crippen molar-refractivity contribution in [1.29, 1.82) is 0 Å². The van der Waals surface area contributed by atoms with E-state index in [0.29, 0.717) is 5.69 Å². The summed E-state index contributed by atoms with van der Waals surface area (Å²) < 4.78 is 0. The second-order valence-electron chi connectivity index (χ2n) is 3.88. The third-order valence-corrected chi connectivity index (χ3v) is 2.26. The summed E-state index contributed by atoms with van der Waals surface area (Å²) in [5, 5.41) is 21.7. The molecule has 0 saturated carbocycles. The van der Waals surface area contributed by atoms with Gasteiger partial charge in [0.05, 0.1) is 6.54 Å². The highest BCUT2D eigenvalue weighted by atomic mass is 16.4. The van der Waals surface area contributed by atoms with Gasteiger partial charge in [0.2, 0.25) is 0 Å². The Morgan fingerprint density at radius 2 is 1.74 bits per heavy atom. The molecule has 0 fully saturated rings. The molecule has 0 spiro atoms. The fourth-order valence-electron chi connectivity index (χ4n) is 1.18. The van der Waals surface area contributed by atoms with Crippen LogP contribution in [-0.4, -0.2) is 40.6 Å². The molecule has 0 bridgehead atoms. The molecule has 0 aromatic heterocycles. The first kappa shape index (κ1) is 14.7. The fourth-order valence-corrected chi connectivity index (χ4v) is 1.18. The molecule has 7 heteroatoms. The zero-order chi connectivity index (χ0) is 14.4. The van der Waals surface area contributed by atoms with Gasteiger partial charge in [-0.15, -0.1) is 0 Å². The van der Waals surface area contributed by atoms with Gasteiger partial charge in [0.15, 0.2) is 6.10 Å². The van der Waals surface area contributed by atoms with Gasteiger partial charge in [-0.05, 0) is 19.1 Å². The molecule has 0 aliphatic heterocycles. The van der Waals surface area contributed by atoms with Crippen LogP contribution in [0.15, 0.2) is 24.3 Å². The molecule has 2 amide bonds. The third-order valence-electron chi connectivity index (χ3n) is 2.26. The Balaban J connectivity index is 2.47. The Morgan fingerprint density at radius 3 is 2.26 bits per heavy atom. The van der Waals surface area contributed by atoms with Gasteiger partial charge in [0, 0.05) is 5.69 Å². The standard InChI is InChI=1S/C12H14N2O5/c1-7-2-4-8(5-3-7)14-11(17)10(16)13-6-9(15)12(18)19/h2-5,9,15H,6H2,1H3,(H,13,16)(H,14,17)(H,18,19)/t9-/m0/s1. The molecule has 1 rings (SSSR count). The van der Waals surface area contributed by atoms with Crippen molar-refractivity contribution in [3.8, 4) is 0 Å². The summed E-state index contributed by atoms with van der Waals surface area (Å²) in [6, 6.07) is 6.79. The molecule has 7 nitrogen and oxygen atoms in total. The van der Waals surface area contributed by atoms with E-state index in [1.807, 2.05) is 12.2 Å². The average molecular weight is 266 g/mol. The number of nitrogens with one attached hydrogen (secondary N) is 2. The topological polar surface area (TPSA) is 116 Å². The molecule has 0 radical (unpaired) electrons. The first-order valence-electron chi connectivity index (χ1n) is 5.47. The Bertz CT molecular complexity index is 483. The van der Waals surface area contributed by atoms with Gasteiger partial charge in [-0.1, -0.05) is 17.7 Å². The number of anilines is 1. The van der Waals surface area contributed by atoms with Crippen molar-refractivity contribution in [3.63, 3.8) is 0 Å². The van der Waals surface area contributed by atoms with E-state index < -0.39 is 30.4 Å². The molecule has 102 valence electrons. The van der Waals surface area contributed by atoms with Crippen LogP contribution >= 0.6 is 0 Å². The molecule has 0 unspecified atom stereocenters. The number of hydrogen-bond donors (Lipinski definition) is 4. The second kappa shape index (κ2) is 6.50. The fraction of sp³-hybridized carbons (Fsp3) is 0.250. The number of hydrogen-bond acceptors (Lipinski definition) is 4. The van der Waals surface area contributed by atoms with Crippen LogP contribution in [0.3, 0.4) is 0 Å². The van der Waals surface area contributed by atoms with E-state index in [1.54, 1.807) is 24.3 Å². The zero-order valence-electron chi connectivity index (χ0n) is 10.2. The van der Waals surface area contributed by atoms with Crippen molar-refractivity contribution in [2.24, 2.45) is 0 Å². The molecule has 0 aliphatic rings. The summed E-state index contributed by atoms with van der Waals surface area (Å²) >= 11 is 0. The van der Waals surface area contributed by atoms with Gasteiger partial charge in [0.25, 0.3) is 0 Å². The predicted octanol–water partition coefficient (Wildman–Crippen LogP) is -0.505. The minimum absolute atomic E-state index is 0.449. The highest BCUT2D eigenvalue weighted by molar-refractivity contribution is 6.39. The monoisotopic (exact) mass is 266 g/mol. The number of aliphatic hydroxyl groups excluding tert-OH is 1. The molecular formula is C12H14N2O5. The zero-order valence-corrected chi connectivity index (χ0v) is 10.2. The Hall–Kier alpha value is -2.41. The number of carboxylic acids is 1. The van der Waals surface area contributed by atoms with Crippen LogP contribution < -0.4 is 10.6 Å². The van der Waals surface area contributed by atoms with Gasteiger partial charge in [-0.25, -0.2) is 4.79 Å². The lowest BCUT2D eigenvalue weighted by Crippen LogP contribution is -2.41. The van der Waals surface area contributed by atoms with E-state index in [0.717, 1.165) is 5.56 Å². The highest BCUT2D eigenvalue weighted by Gasteiger charge is 2.18. The largest absolute Gasteiger partial charge is 0.479 e. The summed E-state index contributed by atoms with van der Waals surface area (Å²) in [5.74, 6) is -3.42. The van der Waals surface area contributed by atoms with Crippen molar-refractivity contribution in [1.82, 2.24) is 5.32 Å². The van der Waals surface area contributed by atoms with Crippen molar-refractivity contribution < 1.29 is 24.6 Å². The lowest BCUT2D eigenvalue weighted by atomic mass is 10.2. The van der Waals surface area contributed by atoms with Crippen molar-refractivity contribution in [3.05, 3.63) is 29.8 Å². The Kier molecular flexibility index (Phi) is 5.01. The smallest absolute Gasteiger partial charge is 0.334 e. The number of rotatable bonds is 4. The average Bonchev–Trinajstić information content (AvgIpc) is 2.37. The minimum atomic E-state index is -1.74. The van der Waals surface area contributed by atoms with Crippen molar-refractivity contribution in [2.75, 3.05) is 11.9 Å². The number of carbonyl (C=O) groups is 3. The predicted molar refractivity (Wildman–Crippen MR) is 66.5 cm³/mol. The van der Waals surface area contributed by atoms with Gasteiger partial charge >= 0.3 is 17.8 Å². The summed E-state index contributed by atoms with van der Waals surface area (Å²) in [7, 11) is 0. The normalized spacial score (nSPS) is 11.5. The molecule has 0 heterocycles. The molecule has 1 aromatic rings. The van der Waals surface area contributed by atoms with Crippen LogP contribution in [0.5, 0.6) is 0 Å². The number of benzene rings is 1. The Morgan fingerprint density at radius 1 is 1.16 bits per heavy atom. The van der Waals surface area contributed by atoms with E-state index in [4.69, 9.17) is 10.2 Å². The number of aliphatic carboxylic acids is 1. The molecule has 0 saturated heterocycles. The van der Waals surface area contributed by atoms with Crippen LogP contribution in [0, 0.1) is 6.92 Å². The summed E-state index contributed by atoms with van der Waals surface area (Å²) in [4.78, 5) is 33.0. The SMILES string of the molecule is Cc1ccc(NC(=O)C(=O)NC[C@H](O)C(=O)O)cc1. The van der Waals surface area contributed by atoms with Gasteiger partial charge in [-0.3, -0.25) is 9.59 Å². The van der Waals surface area contributed by atoms with E-state index in [9.17, 15) is 14.4 Å². The maximum Gasteiger partial charge on any atom is 0.334 e. The van der Waals surface area contributed by atoms with Crippen LogP contribution in [0.4, 0.5) is 5.69 Å². The number of carbonyl (C=O) groups excluding carboxylic acids is 2. The maximum absolute atomic E-state index is 11.4. The maximum atomic E-state index is 11.4. The quantitative estimate of drug-likeness (QED) is 0.548. The second-order valence-corrected chi connectivity index (χ2v) is 3.88. The number of aliphatic hydroxyl groups is 1. The van der Waals surface area contributed by atoms with Crippen LogP contribution in [0.2, 0.25) is 0 Å². The van der Waals surface area contributed by atoms with E-state index in [2.05, 4.69) is 5.32 Å². The summed E-state index contributed by atoms with van der Waals surface area (Å²) in [6.07, 6.45) is -1.74. The first-order chi connectivity index (χ1) is 8.90. The number of amides is 2. The van der Waals surface area contributed by atoms with Crippen LogP contribution in [0.25, 0.3) is 0 Å². The highest BCUT2D eigenvalue weighted by Crippen LogP contribution is 2.08. The minimum Gasteiger partial charge on any atom is -0.479 e. The van der Waals surface area contributed by atoms with Gasteiger partial charge in [0.1, 0.15) is 0 Å². The van der Waals surface area contributed by atoms with E-state index in [1.165, 1.54) is 0 Å². The van der Waals surface area contributed by atoms with Crippen molar-refractivity contribution in [2.45, 2.75) is 13.0 Å². The van der Waals surface area contributed by atoms with Gasteiger partial charge in [-0.2, -0.15) is 0 Å². The van der Waals surface area contributed by atoms with E-state index >= 15 is 0 Å². The summed E-state index contributed by atoms with van der Waals surface area (Å²) in [5.41, 5.74) is 1.46. The molecule has 1 aromatic carbocycles. The lowest BCUT2D eigenvalue weighted by Gasteiger charge is -2.08. The molecule has 0 aliphatic carbocycles. The number of carboxylic acid groups (broad SMARTS) is 1. The van der Waals surface area contributed by atoms with Crippen LogP contribution in [-0.2, 0) is 14.4 Å². The molecule has 1 atom stereocenters. The molecule has 4 N–H and O–H groups in total. The Labute approximate surface area is 109 Å². The lowest BCUT2D eigenvalue weighted by molar-refractivity contribution is -0.147. The van der Waals surface area contributed by atoms with E-state index in [-0.39, 0.29) is 0 Å². The third kappa shape index (κ3) is 4.76. The molecular weight excluding hydrogens is 252 g/mol. The van der Waals surface area contributed by atoms with Gasteiger partial charge < -0.3 is 20.8 Å².